The Bertz CT molecular complexity index is 465. The first kappa shape index (κ1) is 15.8. The van der Waals surface area contributed by atoms with Crippen LogP contribution in [0.2, 0.25) is 0 Å². The molecule has 0 aliphatic rings. The number of amidine groups is 1. The lowest BCUT2D eigenvalue weighted by Crippen LogP contribution is -2.36. The Morgan fingerprint density at radius 1 is 1.42 bits per heavy atom. The SMILES string of the molecule is N=C(N)c1ccc(N(CCO)CC(F)(F)F)cc1Br. The number of aliphatic hydroxyl groups excluding tert-OH is 1. The van der Waals surface area contributed by atoms with Crippen molar-refractivity contribution < 1.29 is 18.3 Å². The Labute approximate surface area is 116 Å². The minimum Gasteiger partial charge on any atom is -0.395 e. The van der Waals surface area contributed by atoms with Crippen LogP contribution in [0.4, 0.5) is 18.9 Å². The molecule has 106 valence electrons. The van der Waals surface area contributed by atoms with Crippen LogP contribution in [0.15, 0.2) is 22.7 Å². The molecule has 1 aromatic rings. The summed E-state index contributed by atoms with van der Waals surface area (Å²) < 4.78 is 37.7. The predicted molar refractivity (Wildman–Crippen MR) is 70.5 cm³/mol. The third kappa shape index (κ3) is 4.71. The first-order chi connectivity index (χ1) is 8.74. The zero-order valence-electron chi connectivity index (χ0n) is 9.84. The Kier molecular flexibility index (Phi) is 5.19. The van der Waals surface area contributed by atoms with Gasteiger partial charge in [0.1, 0.15) is 12.4 Å². The van der Waals surface area contributed by atoms with Gasteiger partial charge >= 0.3 is 6.18 Å². The molecule has 0 atom stereocenters. The van der Waals surface area contributed by atoms with Crippen LogP contribution in [0.5, 0.6) is 0 Å². The van der Waals surface area contributed by atoms with Gasteiger partial charge in [0.15, 0.2) is 0 Å². The Morgan fingerprint density at radius 3 is 2.47 bits per heavy atom. The van der Waals surface area contributed by atoms with Crippen molar-refractivity contribution in [3.05, 3.63) is 28.2 Å². The van der Waals surface area contributed by atoms with E-state index in [4.69, 9.17) is 16.2 Å². The highest BCUT2D eigenvalue weighted by molar-refractivity contribution is 9.10. The fraction of sp³-hybridized carbons (Fsp3) is 0.364. The number of alkyl halides is 3. The number of halogens is 4. The average molecular weight is 340 g/mol. The van der Waals surface area contributed by atoms with Crippen LogP contribution in [0, 0.1) is 5.41 Å². The predicted octanol–water partition coefficient (Wildman–Crippen LogP) is 2.09. The fourth-order valence-electron chi connectivity index (χ4n) is 1.56. The lowest BCUT2D eigenvalue weighted by atomic mass is 10.2. The smallest absolute Gasteiger partial charge is 0.395 e. The van der Waals surface area contributed by atoms with Gasteiger partial charge in [0.2, 0.25) is 0 Å². The van der Waals surface area contributed by atoms with Gasteiger partial charge in [-0.3, -0.25) is 5.41 Å². The van der Waals surface area contributed by atoms with E-state index in [0.717, 1.165) is 4.90 Å². The highest BCUT2D eigenvalue weighted by Crippen LogP contribution is 2.26. The van der Waals surface area contributed by atoms with E-state index in [1.165, 1.54) is 18.2 Å². The zero-order chi connectivity index (χ0) is 14.6. The number of benzene rings is 1. The largest absolute Gasteiger partial charge is 0.405 e. The normalized spacial score (nSPS) is 11.4. The third-order valence-electron chi connectivity index (χ3n) is 2.35. The summed E-state index contributed by atoms with van der Waals surface area (Å²) in [6.07, 6.45) is -4.36. The van der Waals surface area contributed by atoms with E-state index < -0.39 is 12.7 Å². The first-order valence-electron chi connectivity index (χ1n) is 5.31. The van der Waals surface area contributed by atoms with E-state index in [0.29, 0.717) is 15.7 Å². The molecule has 19 heavy (non-hydrogen) atoms. The van der Waals surface area contributed by atoms with Crippen LogP contribution in [0.1, 0.15) is 5.56 Å². The molecule has 0 radical (unpaired) electrons. The summed E-state index contributed by atoms with van der Waals surface area (Å²) >= 11 is 3.16. The van der Waals surface area contributed by atoms with Crippen molar-refractivity contribution in [2.45, 2.75) is 6.18 Å². The molecule has 0 aromatic heterocycles. The Morgan fingerprint density at radius 2 is 2.05 bits per heavy atom. The van der Waals surface area contributed by atoms with Crippen LogP contribution >= 0.6 is 15.9 Å². The van der Waals surface area contributed by atoms with Crippen LogP contribution in [-0.4, -0.2) is 36.8 Å². The van der Waals surface area contributed by atoms with E-state index in [9.17, 15) is 13.2 Å². The van der Waals surface area contributed by atoms with E-state index in [2.05, 4.69) is 15.9 Å². The van der Waals surface area contributed by atoms with Crippen molar-refractivity contribution in [2.24, 2.45) is 5.73 Å². The number of hydrogen-bond acceptors (Lipinski definition) is 3. The van der Waals surface area contributed by atoms with Crippen molar-refractivity contribution in [2.75, 3.05) is 24.6 Å². The molecule has 0 aliphatic carbocycles. The van der Waals surface area contributed by atoms with E-state index >= 15 is 0 Å². The molecular formula is C11H13BrF3N3O. The number of hydrogen-bond donors (Lipinski definition) is 3. The van der Waals surface area contributed by atoms with Gasteiger partial charge in [-0.15, -0.1) is 0 Å². The molecule has 0 fully saturated rings. The van der Waals surface area contributed by atoms with Gasteiger partial charge in [-0.1, -0.05) is 0 Å². The maximum absolute atomic E-state index is 12.4. The van der Waals surface area contributed by atoms with Gasteiger partial charge in [-0.05, 0) is 34.1 Å². The second-order valence-electron chi connectivity index (χ2n) is 3.84. The maximum Gasteiger partial charge on any atom is 0.405 e. The summed E-state index contributed by atoms with van der Waals surface area (Å²) in [5.74, 6) is -0.178. The number of rotatable bonds is 5. The molecule has 8 heteroatoms. The van der Waals surface area contributed by atoms with Crippen molar-refractivity contribution in [3.63, 3.8) is 0 Å². The highest BCUT2D eigenvalue weighted by Gasteiger charge is 2.30. The number of nitrogens with two attached hydrogens (primary N) is 1. The molecule has 0 amide bonds. The fourth-order valence-corrected chi connectivity index (χ4v) is 2.14. The monoisotopic (exact) mass is 339 g/mol. The van der Waals surface area contributed by atoms with Gasteiger partial charge in [-0.2, -0.15) is 13.2 Å². The number of nitrogens with one attached hydrogen (secondary N) is 1. The molecule has 4 N–H and O–H groups in total. The van der Waals surface area contributed by atoms with Gasteiger partial charge in [-0.25, -0.2) is 0 Å². The number of anilines is 1. The van der Waals surface area contributed by atoms with Crippen LogP contribution in [-0.2, 0) is 0 Å². The average Bonchev–Trinajstić information content (AvgIpc) is 2.26. The summed E-state index contributed by atoms with van der Waals surface area (Å²) in [6.45, 7) is -1.67. The summed E-state index contributed by atoms with van der Waals surface area (Å²) in [5.41, 5.74) is 6.02. The molecule has 4 nitrogen and oxygen atoms in total. The topological polar surface area (TPSA) is 73.3 Å². The van der Waals surface area contributed by atoms with E-state index in [1.807, 2.05) is 0 Å². The second kappa shape index (κ2) is 6.25. The van der Waals surface area contributed by atoms with Crippen molar-refractivity contribution in [3.8, 4) is 0 Å². The molecule has 1 rings (SSSR count). The van der Waals surface area contributed by atoms with Gasteiger partial charge in [0, 0.05) is 22.3 Å². The molecular weight excluding hydrogens is 327 g/mol. The summed E-state index contributed by atoms with van der Waals surface area (Å²) in [6, 6.07) is 4.34. The maximum atomic E-state index is 12.4. The Balaban J connectivity index is 3.03. The third-order valence-corrected chi connectivity index (χ3v) is 3.00. The number of aliphatic hydroxyl groups is 1. The van der Waals surface area contributed by atoms with Crippen molar-refractivity contribution in [1.82, 2.24) is 0 Å². The first-order valence-corrected chi connectivity index (χ1v) is 6.10. The number of nitrogen functional groups attached to an aromatic ring is 1. The highest BCUT2D eigenvalue weighted by atomic mass is 79.9. The lowest BCUT2D eigenvalue weighted by molar-refractivity contribution is -0.119. The van der Waals surface area contributed by atoms with Gasteiger partial charge in [0.05, 0.1) is 6.61 Å². The minimum absolute atomic E-state index is 0.134. The standard InChI is InChI=1S/C11H13BrF3N3O/c12-9-5-7(1-2-8(9)10(16)17)18(3-4-19)6-11(13,14)15/h1-2,5,19H,3-4,6H2,(H3,16,17). The molecule has 0 saturated heterocycles. The van der Waals surface area contributed by atoms with Crippen LogP contribution in [0.3, 0.4) is 0 Å². The number of nitrogens with zero attached hydrogens (tertiary/aromatic N) is 1. The Hall–Kier alpha value is -1.28. The molecule has 0 saturated carbocycles. The lowest BCUT2D eigenvalue weighted by Gasteiger charge is -2.25. The molecule has 0 bridgehead atoms. The van der Waals surface area contributed by atoms with Crippen LogP contribution in [0.25, 0.3) is 0 Å². The minimum atomic E-state index is -4.36. The summed E-state index contributed by atoms with van der Waals surface area (Å²) in [4.78, 5) is 1.01. The van der Waals surface area contributed by atoms with E-state index in [1.54, 1.807) is 0 Å². The second-order valence-corrected chi connectivity index (χ2v) is 4.69. The van der Waals surface area contributed by atoms with Crippen molar-refractivity contribution >= 4 is 27.5 Å². The molecule has 1 aromatic carbocycles. The quantitative estimate of drug-likeness (QED) is 0.568. The summed E-state index contributed by atoms with van der Waals surface area (Å²) in [5, 5.41) is 16.1. The van der Waals surface area contributed by atoms with Gasteiger partial charge < -0.3 is 15.7 Å². The molecule has 0 spiro atoms. The van der Waals surface area contributed by atoms with E-state index in [-0.39, 0.29) is 19.0 Å². The molecule has 0 unspecified atom stereocenters. The molecule has 0 aliphatic heterocycles. The zero-order valence-corrected chi connectivity index (χ0v) is 11.4. The van der Waals surface area contributed by atoms with Gasteiger partial charge in [0.25, 0.3) is 0 Å². The van der Waals surface area contributed by atoms with Crippen LogP contribution < -0.4 is 10.6 Å². The molecule has 0 heterocycles. The van der Waals surface area contributed by atoms with Crippen molar-refractivity contribution in [1.29, 1.82) is 5.41 Å². The summed E-state index contributed by atoms with van der Waals surface area (Å²) in [7, 11) is 0.